The number of nitrogens with zero attached hydrogens (tertiary/aromatic N) is 4. The number of fused-ring (bicyclic) bond motifs is 2. The van der Waals surface area contributed by atoms with E-state index in [4.69, 9.17) is 4.74 Å². The number of anilines is 1. The number of carbonyl (C=O) groups excluding carboxylic acids is 1. The number of benzene rings is 2. The molecule has 0 N–H and O–H groups in total. The second-order valence-electron chi connectivity index (χ2n) is 11.2. The number of hydrogen-bond donors (Lipinski definition) is 0. The van der Waals surface area contributed by atoms with Crippen LogP contribution in [0.25, 0.3) is 21.0 Å². The van der Waals surface area contributed by atoms with Crippen molar-refractivity contribution in [2.24, 2.45) is 0 Å². The van der Waals surface area contributed by atoms with E-state index in [1.54, 1.807) is 10.6 Å². The van der Waals surface area contributed by atoms with E-state index in [0.29, 0.717) is 19.6 Å². The molecule has 1 aliphatic heterocycles. The van der Waals surface area contributed by atoms with Gasteiger partial charge in [-0.05, 0) is 79.4 Å². The standard InChI is InChI=1S/C34H44N4O3S/c1-3-16-37(17-4-2)33(39)14-19-38-31-26-28(12-10-27(31)11-13-34(38)40)41-24-6-5-18-35-20-22-36(23-21-35)30-8-7-9-32-29(30)15-25-42-32/h7-13,15,25-26H,3-6,14,16-24H2,1-2H3. The van der Waals surface area contributed by atoms with Gasteiger partial charge in [-0.2, -0.15) is 0 Å². The van der Waals surface area contributed by atoms with Crippen LogP contribution in [-0.4, -0.2) is 72.7 Å². The van der Waals surface area contributed by atoms with Gasteiger partial charge in [0, 0.05) is 80.1 Å². The molecule has 1 saturated heterocycles. The lowest BCUT2D eigenvalue weighted by atomic mass is 10.2. The van der Waals surface area contributed by atoms with Crippen molar-refractivity contribution in [3.05, 3.63) is 70.3 Å². The molecular formula is C34H44N4O3S. The zero-order valence-electron chi connectivity index (χ0n) is 25.1. The monoisotopic (exact) mass is 588 g/mol. The smallest absolute Gasteiger partial charge is 0.251 e. The van der Waals surface area contributed by atoms with Crippen molar-refractivity contribution in [2.45, 2.75) is 52.5 Å². The molecule has 2 aromatic heterocycles. The lowest BCUT2D eigenvalue weighted by molar-refractivity contribution is -0.131. The maximum Gasteiger partial charge on any atom is 0.251 e. The maximum absolute atomic E-state index is 12.8. The Morgan fingerprint density at radius 2 is 1.71 bits per heavy atom. The summed E-state index contributed by atoms with van der Waals surface area (Å²) in [5, 5.41) is 4.53. The van der Waals surface area contributed by atoms with E-state index >= 15 is 0 Å². The molecule has 8 heteroatoms. The Labute approximate surface area is 253 Å². The minimum absolute atomic E-state index is 0.0860. The second-order valence-corrected chi connectivity index (χ2v) is 12.1. The average Bonchev–Trinajstić information content (AvgIpc) is 3.50. The third-order valence-corrected chi connectivity index (χ3v) is 9.06. The first-order valence-corrected chi connectivity index (χ1v) is 16.4. The number of pyridine rings is 1. The number of thiophene rings is 1. The highest BCUT2D eigenvalue weighted by molar-refractivity contribution is 7.17. The summed E-state index contributed by atoms with van der Waals surface area (Å²) in [7, 11) is 0. The fraction of sp³-hybridized carbons (Fsp3) is 0.471. The Morgan fingerprint density at radius 3 is 2.50 bits per heavy atom. The second kappa shape index (κ2) is 14.7. The number of hydrogen-bond acceptors (Lipinski definition) is 6. The number of unbranched alkanes of at least 4 members (excludes halogenated alkanes) is 1. The molecule has 3 heterocycles. The topological polar surface area (TPSA) is 58.0 Å². The highest BCUT2D eigenvalue weighted by Crippen LogP contribution is 2.31. The summed E-state index contributed by atoms with van der Waals surface area (Å²) in [6.07, 6.45) is 4.26. The predicted molar refractivity (Wildman–Crippen MR) is 175 cm³/mol. The summed E-state index contributed by atoms with van der Waals surface area (Å²) in [6.45, 7) is 12.1. The van der Waals surface area contributed by atoms with E-state index < -0.39 is 0 Å². The van der Waals surface area contributed by atoms with Crippen LogP contribution in [0.1, 0.15) is 46.0 Å². The van der Waals surface area contributed by atoms with Crippen LogP contribution in [0.3, 0.4) is 0 Å². The van der Waals surface area contributed by atoms with Crippen LogP contribution < -0.4 is 15.2 Å². The third-order valence-electron chi connectivity index (χ3n) is 8.18. The number of ether oxygens (including phenoxy) is 1. The van der Waals surface area contributed by atoms with Gasteiger partial charge in [0.1, 0.15) is 5.75 Å². The number of piperazine rings is 1. The number of aryl methyl sites for hydroxylation is 1. The molecule has 1 amide bonds. The highest BCUT2D eigenvalue weighted by Gasteiger charge is 2.19. The minimum atomic E-state index is -0.0860. The quantitative estimate of drug-likeness (QED) is 0.163. The van der Waals surface area contributed by atoms with Crippen LogP contribution in [0.4, 0.5) is 5.69 Å². The Kier molecular flexibility index (Phi) is 10.5. The van der Waals surface area contributed by atoms with Gasteiger partial charge in [0.15, 0.2) is 0 Å². The van der Waals surface area contributed by atoms with Crippen molar-refractivity contribution in [3.8, 4) is 5.75 Å². The van der Waals surface area contributed by atoms with Crippen molar-refractivity contribution in [3.63, 3.8) is 0 Å². The molecule has 2 aromatic carbocycles. The summed E-state index contributed by atoms with van der Waals surface area (Å²) in [4.78, 5) is 32.6. The Hall–Kier alpha value is -3.36. The zero-order valence-corrected chi connectivity index (χ0v) is 25.9. The lowest BCUT2D eigenvalue weighted by Crippen LogP contribution is -2.46. The first-order chi connectivity index (χ1) is 20.6. The van der Waals surface area contributed by atoms with Crippen LogP contribution >= 0.6 is 11.3 Å². The summed E-state index contributed by atoms with van der Waals surface area (Å²) < 4.78 is 9.20. The molecule has 42 heavy (non-hydrogen) atoms. The number of aromatic nitrogens is 1. The van der Waals surface area contributed by atoms with Crippen LogP contribution in [0, 0.1) is 0 Å². The van der Waals surface area contributed by atoms with Gasteiger partial charge >= 0.3 is 0 Å². The van der Waals surface area contributed by atoms with Gasteiger partial charge < -0.3 is 19.1 Å². The molecule has 224 valence electrons. The molecule has 4 aromatic rings. The Bertz CT molecular complexity index is 1520. The largest absolute Gasteiger partial charge is 0.494 e. The van der Waals surface area contributed by atoms with Gasteiger partial charge in [-0.1, -0.05) is 19.9 Å². The number of rotatable bonds is 14. The molecule has 0 aliphatic carbocycles. The summed E-state index contributed by atoms with van der Waals surface area (Å²) >= 11 is 1.81. The zero-order chi connectivity index (χ0) is 29.3. The molecule has 0 unspecified atom stereocenters. The molecule has 5 rings (SSSR count). The molecule has 0 atom stereocenters. The van der Waals surface area contributed by atoms with Crippen LogP contribution in [0.5, 0.6) is 5.75 Å². The first kappa shape index (κ1) is 30.1. The van der Waals surface area contributed by atoms with Crippen molar-refractivity contribution in [1.29, 1.82) is 0 Å². The molecule has 0 saturated carbocycles. The van der Waals surface area contributed by atoms with Gasteiger partial charge in [0.2, 0.25) is 5.91 Å². The van der Waals surface area contributed by atoms with E-state index in [-0.39, 0.29) is 11.5 Å². The van der Waals surface area contributed by atoms with E-state index in [9.17, 15) is 9.59 Å². The summed E-state index contributed by atoms with van der Waals surface area (Å²) in [5.41, 5.74) is 2.10. The molecule has 0 bridgehead atoms. The molecule has 1 fully saturated rings. The fourth-order valence-electron chi connectivity index (χ4n) is 5.95. The van der Waals surface area contributed by atoms with Crippen LogP contribution in [0.15, 0.2) is 64.8 Å². The first-order valence-electron chi connectivity index (χ1n) is 15.5. The van der Waals surface area contributed by atoms with Gasteiger partial charge in [-0.25, -0.2) is 0 Å². The SMILES string of the molecule is CCCN(CCC)C(=O)CCn1c(=O)ccc2ccc(OCCCCN3CCN(c4cccc5sccc45)CC3)cc21. The molecule has 7 nitrogen and oxygen atoms in total. The van der Waals surface area contributed by atoms with E-state index in [2.05, 4.69) is 53.3 Å². The predicted octanol–water partition coefficient (Wildman–Crippen LogP) is 6.24. The van der Waals surface area contributed by atoms with E-state index in [0.717, 1.165) is 88.1 Å². The third kappa shape index (κ3) is 7.34. The average molecular weight is 589 g/mol. The summed E-state index contributed by atoms with van der Waals surface area (Å²) in [6, 6.07) is 18.2. The maximum atomic E-state index is 12.8. The molecule has 0 radical (unpaired) electrons. The lowest BCUT2D eigenvalue weighted by Gasteiger charge is -2.36. The molecular weight excluding hydrogens is 544 g/mol. The minimum Gasteiger partial charge on any atom is -0.494 e. The van der Waals surface area contributed by atoms with Crippen molar-refractivity contribution in [2.75, 3.05) is 57.3 Å². The molecule has 1 aliphatic rings. The van der Waals surface area contributed by atoms with Gasteiger partial charge in [-0.15, -0.1) is 11.3 Å². The summed E-state index contributed by atoms with van der Waals surface area (Å²) in [5.74, 6) is 0.874. The van der Waals surface area contributed by atoms with Crippen LogP contribution in [0.2, 0.25) is 0 Å². The normalized spacial score (nSPS) is 14.1. The van der Waals surface area contributed by atoms with Crippen molar-refractivity contribution >= 4 is 43.9 Å². The van der Waals surface area contributed by atoms with Crippen molar-refractivity contribution < 1.29 is 9.53 Å². The Balaban J connectivity index is 1.09. The van der Waals surface area contributed by atoms with Crippen molar-refractivity contribution in [1.82, 2.24) is 14.4 Å². The van der Waals surface area contributed by atoms with E-state index in [1.807, 2.05) is 40.5 Å². The Morgan fingerprint density at radius 1 is 0.929 bits per heavy atom. The fourth-order valence-corrected chi connectivity index (χ4v) is 6.76. The van der Waals surface area contributed by atoms with Gasteiger partial charge in [0.05, 0.1) is 12.1 Å². The van der Waals surface area contributed by atoms with Gasteiger partial charge in [0.25, 0.3) is 5.56 Å². The van der Waals surface area contributed by atoms with Crippen LogP contribution in [-0.2, 0) is 11.3 Å². The highest BCUT2D eigenvalue weighted by atomic mass is 32.1. The number of carbonyl (C=O) groups is 1. The molecule has 0 spiro atoms. The number of amides is 1. The van der Waals surface area contributed by atoms with E-state index in [1.165, 1.54) is 15.8 Å². The van der Waals surface area contributed by atoms with Gasteiger partial charge in [-0.3, -0.25) is 14.5 Å².